The maximum Gasteiger partial charge on any atom is 0.348 e. The third-order valence-electron chi connectivity index (χ3n) is 6.29. The Morgan fingerprint density at radius 2 is 0.588 bits per heavy atom. The summed E-state index contributed by atoms with van der Waals surface area (Å²) in [6.07, 6.45) is 1.31. The van der Waals surface area contributed by atoms with Gasteiger partial charge in [0.05, 0.1) is 0 Å². The molecule has 1 rings (SSSR count). The standard InChI is InChI=1S/C18H26Cl12Si4/c1-7-13-14(8-2)16(10(4)32(22,23)24)18(12(6)34(28,29)30)17(11(5)33(25,26)27)15(13)9(3)31(19,20)21/h9-12H,7-8H2,1-6H3. The molecule has 0 aromatic heterocycles. The molecule has 1 aromatic carbocycles. The predicted octanol–water partition coefficient (Wildman–Crippen LogP) is 12.0. The van der Waals surface area contributed by atoms with Crippen molar-refractivity contribution in [3.05, 3.63) is 33.4 Å². The van der Waals surface area contributed by atoms with Gasteiger partial charge in [0.1, 0.15) is 0 Å². The first-order valence-corrected chi connectivity index (χ1v) is 31.0. The maximum atomic E-state index is 6.62. The summed E-state index contributed by atoms with van der Waals surface area (Å²) >= 11 is 79.2. The summed E-state index contributed by atoms with van der Waals surface area (Å²) in [5, 5.41) is 0. The van der Waals surface area contributed by atoms with Crippen LogP contribution < -0.4 is 0 Å². The lowest BCUT2D eigenvalue weighted by atomic mass is 9.80. The van der Waals surface area contributed by atoms with Gasteiger partial charge in [0.2, 0.25) is 0 Å². The first-order chi connectivity index (χ1) is 15.0. The van der Waals surface area contributed by atoms with E-state index in [1.54, 1.807) is 0 Å². The normalized spacial score (nSPS) is 17.5. The average molecular weight is 780 g/mol. The zero-order chi connectivity index (χ0) is 27.2. The molecule has 0 bridgehead atoms. The zero-order valence-electron chi connectivity index (χ0n) is 19.3. The zero-order valence-corrected chi connectivity index (χ0v) is 32.3. The van der Waals surface area contributed by atoms with Gasteiger partial charge in [-0.15, -0.1) is 133 Å². The van der Waals surface area contributed by atoms with Crippen LogP contribution in [-0.2, 0) is 12.8 Å². The van der Waals surface area contributed by atoms with Crippen molar-refractivity contribution in [1.82, 2.24) is 0 Å². The molecule has 0 radical (unpaired) electrons. The van der Waals surface area contributed by atoms with Gasteiger partial charge < -0.3 is 0 Å². The number of rotatable bonds is 10. The Kier molecular flexibility index (Phi) is 13.6. The Labute approximate surface area is 263 Å². The van der Waals surface area contributed by atoms with Gasteiger partial charge in [-0.1, -0.05) is 41.5 Å². The molecule has 0 nitrogen and oxygen atoms in total. The monoisotopic (exact) mass is 774 g/mol. The molecule has 4 atom stereocenters. The van der Waals surface area contributed by atoms with E-state index in [-0.39, 0.29) is 0 Å². The molecule has 0 heterocycles. The Morgan fingerprint density at radius 3 is 0.735 bits per heavy atom. The summed E-state index contributed by atoms with van der Waals surface area (Å²) < 4.78 is 0. The lowest BCUT2D eigenvalue weighted by molar-refractivity contribution is 0.833. The predicted molar refractivity (Wildman–Crippen MR) is 172 cm³/mol. The van der Waals surface area contributed by atoms with Gasteiger partial charge in [0.25, 0.3) is 0 Å². The molecule has 0 saturated heterocycles. The Hall–Kier alpha value is 3.57. The molecule has 16 heteroatoms. The van der Waals surface area contributed by atoms with E-state index in [1.165, 1.54) is 0 Å². The third kappa shape index (κ3) is 8.30. The largest absolute Gasteiger partial charge is 0.348 e. The van der Waals surface area contributed by atoms with E-state index in [9.17, 15) is 0 Å². The lowest BCUT2D eigenvalue weighted by Crippen LogP contribution is -2.35. The number of hydrogen-bond acceptors (Lipinski definition) is 0. The van der Waals surface area contributed by atoms with Gasteiger partial charge in [0, 0.05) is 22.2 Å². The maximum absolute atomic E-state index is 6.62. The van der Waals surface area contributed by atoms with Crippen LogP contribution in [0.5, 0.6) is 0 Å². The minimum atomic E-state index is -3.34. The van der Waals surface area contributed by atoms with Gasteiger partial charge in [-0.05, 0) is 46.2 Å². The van der Waals surface area contributed by atoms with Gasteiger partial charge in [-0.3, -0.25) is 0 Å². The van der Waals surface area contributed by atoms with Crippen molar-refractivity contribution in [3.63, 3.8) is 0 Å². The molecule has 0 amide bonds. The van der Waals surface area contributed by atoms with Gasteiger partial charge in [-0.2, -0.15) is 0 Å². The smallest absolute Gasteiger partial charge is 0.125 e. The fraction of sp³-hybridized carbons (Fsp3) is 0.667. The van der Waals surface area contributed by atoms with Crippen LogP contribution in [0.1, 0.15) is 97.1 Å². The molecule has 0 fully saturated rings. The van der Waals surface area contributed by atoms with Crippen LogP contribution in [0.4, 0.5) is 0 Å². The Balaban J connectivity index is 4.61. The summed E-state index contributed by atoms with van der Waals surface area (Å²) in [6.45, 7) is 11.6. The third-order valence-corrected chi connectivity index (χ3v) is 23.2. The molecular weight excluding hydrogens is 754 g/mol. The second-order valence-electron chi connectivity index (χ2n) is 8.37. The van der Waals surface area contributed by atoms with Crippen LogP contribution in [0.25, 0.3) is 0 Å². The van der Waals surface area contributed by atoms with Crippen LogP contribution in [-0.4, -0.2) is 24.0 Å². The van der Waals surface area contributed by atoms with Gasteiger partial charge >= 0.3 is 24.0 Å². The lowest BCUT2D eigenvalue weighted by Gasteiger charge is -2.39. The van der Waals surface area contributed by atoms with Crippen LogP contribution in [0.15, 0.2) is 0 Å². The fourth-order valence-electron chi connectivity index (χ4n) is 4.32. The second kappa shape index (κ2) is 13.0. The van der Waals surface area contributed by atoms with Crippen molar-refractivity contribution in [1.29, 1.82) is 0 Å². The molecule has 1 aromatic rings. The molecule has 34 heavy (non-hydrogen) atoms. The molecule has 0 aliphatic heterocycles. The molecule has 4 unspecified atom stereocenters. The fourth-order valence-corrected chi connectivity index (χ4v) is 10.8. The molecule has 0 aliphatic rings. The van der Waals surface area contributed by atoms with Crippen molar-refractivity contribution in [2.24, 2.45) is 0 Å². The summed E-state index contributed by atoms with van der Waals surface area (Å²) in [5.41, 5.74) is 3.50. The highest BCUT2D eigenvalue weighted by Gasteiger charge is 2.49. The Morgan fingerprint density at radius 1 is 0.412 bits per heavy atom. The molecule has 0 saturated carbocycles. The van der Waals surface area contributed by atoms with Crippen molar-refractivity contribution in [3.8, 4) is 0 Å². The quantitative estimate of drug-likeness (QED) is 0.164. The van der Waals surface area contributed by atoms with E-state index < -0.39 is 46.2 Å². The number of hydrogen-bond donors (Lipinski definition) is 0. The highest BCUT2D eigenvalue weighted by molar-refractivity contribution is 7.66. The van der Waals surface area contributed by atoms with Crippen LogP contribution in [0, 0.1) is 0 Å². The Bertz CT molecular complexity index is 799. The van der Waals surface area contributed by atoms with Gasteiger partial charge in [0.15, 0.2) is 0 Å². The first kappa shape index (κ1) is 35.6. The highest BCUT2D eigenvalue weighted by atomic mass is 35.9. The topological polar surface area (TPSA) is 0 Å². The van der Waals surface area contributed by atoms with E-state index in [4.69, 9.17) is 133 Å². The summed E-state index contributed by atoms with van der Waals surface area (Å²) in [6, 6.07) is -13.2. The minimum absolute atomic E-state index is 0.408. The molecule has 0 spiro atoms. The van der Waals surface area contributed by atoms with E-state index in [0.717, 1.165) is 33.4 Å². The summed E-state index contributed by atoms with van der Waals surface area (Å²) in [4.78, 5) is 0. The van der Waals surface area contributed by atoms with Crippen LogP contribution in [0.3, 0.4) is 0 Å². The van der Waals surface area contributed by atoms with E-state index >= 15 is 0 Å². The average Bonchev–Trinajstić information content (AvgIpc) is 2.66. The molecule has 0 aliphatic carbocycles. The number of benzene rings is 1. The van der Waals surface area contributed by atoms with E-state index in [0.29, 0.717) is 12.8 Å². The van der Waals surface area contributed by atoms with Crippen molar-refractivity contribution >= 4 is 157 Å². The van der Waals surface area contributed by atoms with E-state index in [2.05, 4.69) is 0 Å². The molecular formula is C18H26Cl12Si4. The molecule has 0 N–H and O–H groups in total. The van der Waals surface area contributed by atoms with Crippen LogP contribution >= 0.6 is 133 Å². The highest BCUT2D eigenvalue weighted by Crippen LogP contribution is 2.54. The van der Waals surface area contributed by atoms with E-state index in [1.807, 2.05) is 41.5 Å². The van der Waals surface area contributed by atoms with Crippen molar-refractivity contribution in [2.75, 3.05) is 0 Å². The van der Waals surface area contributed by atoms with Crippen molar-refractivity contribution < 1.29 is 0 Å². The SMILES string of the molecule is CCc1c(CC)c(C(C)[Si](Cl)(Cl)Cl)c(C(C)[Si](Cl)(Cl)Cl)c(C(C)[Si](Cl)(Cl)Cl)c1C(C)[Si](Cl)(Cl)Cl. The second-order valence-corrected chi connectivity index (χ2v) is 44.6. The summed E-state index contributed by atoms with van der Waals surface area (Å²) in [5.74, 6) is 0. The van der Waals surface area contributed by atoms with Crippen LogP contribution in [0.2, 0.25) is 0 Å². The first-order valence-electron chi connectivity index (χ1n) is 10.5. The van der Waals surface area contributed by atoms with Crippen molar-refractivity contribution in [2.45, 2.75) is 76.5 Å². The summed E-state index contributed by atoms with van der Waals surface area (Å²) in [7, 11) is 0. The van der Waals surface area contributed by atoms with Gasteiger partial charge in [-0.25, -0.2) is 0 Å². The molecule has 198 valence electrons. The number of halogens is 12. The minimum Gasteiger partial charge on any atom is -0.125 e.